The molecule has 0 aliphatic heterocycles. The van der Waals surface area contributed by atoms with Gasteiger partial charge < -0.3 is 15.4 Å². The summed E-state index contributed by atoms with van der Waals surface area (Å²) in [5.74, 6) is 0.509. The van der Waals surface area contributed by atoms with E-state index in [1.807, 2.05) is 6.92 Å². The molecule has 0 heterocycles. The van der Waals surface area contributed by atoms with Crippen molar-refractivity contribution < 1.29 is 14.3 Å². The zero-order valence-corrected chi connectivity index (χ0v) is 19.7. The van der Waals surface area contributed by atoms with Crippen LogP contribution in [-0.2, 0) is 0 Å². The molecule has 30 heavy (non-hydrogen) atoms. The van der Waals surface area contributed by atoms with Crippen LogP contribution in [0.1, 0.15) is 47.9 Å². The summed E-state index contributed by atoms with van der Waals surface area (Å²) in [6.45, 7) is 7.28. The zero-order valence-electron chi connectivity index (χ0n) is 17.3. The van der Waals surface area contributed by atoms with E-state index in [1.165, 1.54) is 0 Å². The van der Waals surface area contributed by atoms with Crippen molar-refractivity contribution in [3.63, 3.8) is 0 Å². The summed E-state index contributed by atoms with van der Waals surface area (Å²) in [5, 5.41) is 8.50. The van der Waals surface area contributed by atoms with Gasteiger partial charge in [0.05, 0.1) is 22.3 Å². The molecule has 0 aliphatic carbocycles. The van der Waals surface area contributed by atoms with E-state index in [0.717, 1.165) is 6.42 Å². The van der Waals surface area contributed by atoms with Crippen molar-refractivity contribution >= 4 is 50.8 Å². The van der Waals surface area contributed by atoms with Crippen molar-refractivity contribution in [2.24, 2.45) is 5.92 Å². The number of ether oxygens (including phenoxy) is 1. The van der Waals surface area contributed by atoms with Gasteiger partial charge in [0.15, 0.2) is 5.11 Å². The summed E-state index contributed by atoms with van der Waals surface area (Å²) in [6.07, 6.45) is 0.840. The fraction of sp³-hybridized carbons (Fsp3) is 0.318. The zero-order chi connectivity index (χ0) is 22.1. The lowest BCUT2D eigenvalue weighted by Gasteiger charge is -2.14. The first-order valence-electron chi connectivity index (χ1n) is 9.73. The maximum atomic E-state index is 12.6. The van der Waals surface area contributed by atoms with Crippen molar-refractivity contribution in [1.29, 1.82) is 0 Å². The molecule has 2 amide bonds. The van der Waals surface area contributed by atoms with Crippen molar-refractivity contribution in [2.45, 2.75) is 27.2 Å². The van der Waals surface area contributed by atoms with Gasteiger partial charge in [0, 0.05) is 12.1 Å². The van der Waals surface area contributed by atoms with Crippen LogP contribution in [0.5, 0.6) is 5.75 Å². The predicted octanol–water partition coefficient (Wildman–Crippen LogP) is 4.75. The first-order valence-corrected chi connectivity index (χ1v) is 10.9. The number of para-hydroxylation sites is 1. The SMILES string of the molecule is CCCNC(=O)c1ccccc1NC(=S)NC(=O)c1ccc(OCC(C)C)c(Br)c1. The van der Waals surface area contributed by atoms with Gasteiger partial charge in [-0.15, -0.1) is 0 Å². The number of carbonyl (C=O) groups is 2. The van der Waals surface area contributed by atoms with Gasteiger partial charge in [-0.3, -0.25) is 14.9 Å². The monoisotopic (exact) mass is 491 g/mol. The summed E-state index contributed by atoms with van der Waals surface area (Å²) in [5.41, 5.74) is 1.41. The largest absolute Gasteiger partial charge is 0.492 e. The minimum atomic E-state index is -0.364. The maximum Gasteiger partial charge on any atom is 0.257 e. The van der Waals surface area contributed by atoms with Gasteiger partial charge in [0.25, 0.3) is 11.8 Å². The van der Waals surface area contributed by atoms with E-state index in [2.05, 4.69) is 45.7 Å². The summed E-state index contributed by atoms with van der Waals surface area (Å²) in [6, 6.07) is 12.1. The first kappa shape index (κ1) is 23.8. The molecular weight excluding hydrogens is 466 g/mol. The van der Waals surface area contributed by atoms with E-state index in [9.17, 15) is 9.59 Å². The van der Waals surface area contributed by atoms with Crippen molar-refractivity contribution in [3.05, 3.63) is 58.1 Å². The van der Waals surface area contributed by atoms with Crippen molar-refractivity contribution in [2.75, 3.05) is 18.5 Å². The molecule has 3 N–H and O–H groups in total. The minimum Gasteiger partial charge on any atom is -0.492 e. The third-order valence-electron chi connectivity index (χ3n) is 3.95. The summed E-state index contributed by atoms with van der Waals surface area (Å²) < 4.78 is 6.39. The van der Waals surface area contributed by atoms with Gasteiger partial charge in [-0.2, -0.15) is 0 Å². The molecule has 2 aromatic rings. The van der Waals surface area contributed by atoms with Crippen LogP contribution in [0.3, 0.4) is 0 Å². The number of nitrogens with one attached hydrogen (secondary N) is 3. The molecule has 2 rings (SSSR count). The van der Waals surface area contributed by atoms with Crippen molar-refractivity contribution in [1.82, 2.24) is 10.6 Å². The van der Waals surface area contributed by atoms with E-state index >= 15 is 0 Å². The Balaban J connectivity index is 2.03. The van der Waals surface area contributed by atoms with Crippen LogP contribution in [0.25, 0.3) is 0 Å². The fourth-order valence-corrected chi connectivity index (χ4v) is 3.16. The molecule has 0 spiro atoms. The van der Waals surface area contributed by atoms with Gasteiger partial charge >= 0.3 is 0 Å². The van der Waals surface area contributed by atoms with E-state index < -0.39 is 0 Å². The van der Waals surface area contributed by atoms with E-state index in [4.69, 9.17) is 17.0 Å². The molecule has 0 bridgehead atoms. The molecule has 0 atom stereocenters. The number of halogens is 1. The topological polar surface area (TPSA) is 79.5 Å². The van der Waals surface area contributed by atoms with E-state index in [-0.39, 0.29) is 16.9 Å². The number of amides is 2. The van der Waals surface area contributed by atoms with Gasteiger partial charge in [-0.1, -0.05) is 32.9 Å². The Kier molecular flexibility index (Phi) is 9.26. The highest BCUT2D eigenvalue weighted by Crippen LogP contribution is 2.26. The number of anilines is 1. The van der Waals surface area contributed by atoms with Gasteiger partial charge in [-0.05, 0) is 70.8 Å². The summed E-state index contributed by atoms with van der Waals surface area (Å²) >= 11 is 8.70. The number of benzene rings is 2. The molecule has 2 aromatic carbocycles. The van der Waals surface area contributed by atoms with Crippen LogP contribution in [0.4, 0.5) is 5.69 Å². The van der Waals surface area contributed by atoms with Gasteiger partial charge in [0.2, 0.25) is 0 Å². The molecule has 0 aromatic heterocycles. The molecule has 0 fully saturated rings. The van der Waals surface area contributed by atoms with Crippen LogP contribution in [0, 0.1) is 5.92 Å². The number of rotatable bonds is 8. The van der Waals surface area contributed by atoms with Crippen molar-refractivity contribution in [3.8, 4) is 5.75 Å². The number of hydrogen-bond acceptors (Lipinski definition) is 4. The molecule has 160 valence electrons. The molecule has 0 aliphatic rings. The second-order valence-corrected chi connectivity index (χ2v) is 8.32. The Morgan fingerprint density at radius 1 is 1.13 bits per heavy atom. The molecule has 0 saturated carbocycles. The Bertz CT molecular complexity index is 918. The number of thiocarbonyl (C=S) groups is 1. The maximum absolute atomic E-state index is 12.6. The van der Waals surface area contributed by atoms with E-state index in [0.29, 0.717) is 46.1 Å². The lowest BCUT2D eigenvalue weighted by Crippen LogP contribution is -2.35. The summed E-state index contributed by atoms with van der Waals surface area (Å²) in [7, 11) is 0. The normalized spacial score (nSPS) is 10.4. The number of hydrogen-bond donors (Lipinski definition) is 3. The Labute approximate surface area is 190 Å². The third kappa shape index (κ3) is 7.11. The Morgan fingerprint density at radius 3 is 2.53 bits per heavy atom. The van der Waals surface area contributed by atoms with Gasteiger partial charge in [-0.25, -0.2) is 0 Å². The second kappa shape index (κ2) is 11.7. The Morgan fingerprint density at radius 2 is 1.87 bits per heavy atom. The summed E-state index contributed by atoms with van der Waals surface area (Å²) in [4.78, 5) is 24.9. The lowest BCUT2D eigenvalue weighted by molar-refractivity contribution is 0.0952. The van der Waals surface area contributed by atoms with Gasteiger partial charge in [0.1, 0.15) is 5.75 Å². The third-order valence-corrected chi connectivity index (χ3v) is 4.77. The average Bonchev–Trinajstić information content (AvgIpc) is 2.71. The van der Waals surface area contributed by atoms with Crippen LogP contribution in [0.2, 0.25) is 0 Å². The molecule has 0 saturated heterocycles. The van der Waals surface area contributed by atoms with Crippen LogP contribution >= 0.6 is 28.1 Å². The highest BCUT2D eigenvalue weighted by Gasteiger charge is 2.14. The first-order chi connectivity index (χ1) is 14.3. The molecule has 0 unspecified atom stereocenters. The molecular formula is C22H26BrN3O3S. The number of carbonyl (C=O) groups excluding carboxylic acids is 2. The van der Waals surface area contributed by atoms with Crippen LogP contribution in [-0.4, -0.2) is 30.1 Å². The standard InChI is InChI=1S/C22H26BrN3O3S/c1-4-11-24-21(28)16-7-5-6-8-18(16)25-22(30)26-20(27)15-9-10-19(17(23)12-15)29-13-14(2)3/h5-10,12,14H,4,11,13H2,1-3H3,(H,24,28)(H2,25,26,27,30). The fourth-order valence-electron chi connectivity index (χ4n) is 2.47. The second-order valence-electron chi connectivity index (χ2n) is 7.06. The highest BCUT2D eigenvalue weighted by molar-refractivity contribution is 9.10. The Hall–Kier alpha value is -2.45. The van der Waals surface area contributed by atoms with Crippen LogP contribution in [0.15, 0.2) is 46.9 Å². The molecule has 0 radical (unpaired) electrons. The highest BCUT2D eigenvalue weighted by atomic mass is 79.9. The smallest absolute Gasteiger partial charge is 0.257 e. The quantitative estimate of drug-likeness (QED) is 0.464. The van der Waals surface area contributed by atoms with Crippen LogP contribution < -0.4 is 20.7 Å². The molecule has 6 nitrogen and oxygen atoms in total. The lowest BCUT2D eigenvalue weighted by atomic mass is 10.1. The average molecular weight is 492 g/mol. The predicted molar refractivity (Wildman–Crippen MR) is 127 cm³/mol. The van der Waals surface area contributed by atoms with E-state index in [1.54, 1.807) is 42.5 Å². The minimum absolute atomic E-state index is 0.104. The molecule has 8 heteroatoms.